The lowest BCUT2D eigenvalue weighted by atomic mass is 10.1. The molecule has 0 spiro atoms. The second kappa shape index (κ2) is 3.58. The Morgan fingerprint density at radius 1 is 1.47 bits per heavy atom. The average Bonchev–Trinajstić information content (AvgIpc) is 2.71. The van der Waals surface area contributed by atoms with Gasteiger partial charge in [0.05, 0.1) is 21.1 Å². The van der Waals surface area contributed by atoms with E-state index in [4.69, 9.17) is 0 Å². The number of carbonyl (C=O) groups excluding carboxylic acids is 1. The van der Waals surface area contributed by atoms with Gasteiger partial charge in [0, 0.05) is 19.4 Å². The maximum Gasteiger partial charge on any atom is 0.208 e. The molecule has 0 saturated heterocycles. The Bertz CT molecular complexity index is 512. The molecule has 0 unspecified atom stereocenters. The van der Waals surface area contributed by atoms with Gasteiger partial charge >= 0.3 is 0 Å². The molecule has 0 atom stereocenters. The van der Waals surface area contributed by atoms with Gasteiger partial charge in [-0.2, -0.15) is 5.10 Å². The standard InChI is InChI=1S/C10H11N3OS/c1-6-8(5-13(3)12-6)10(14)9-4-11-7(2)15-9/h4-5H,1-3H3. The van der Waals surface area contributed by atoms with E-state index in [2.05, 4.69) is 10.1 Å². The molecule has 4 nitrogen and oxygen atoms in total. The van der Waals surface area contributed by atoms with Crippen LogP contribution in [0.1, 0.15) is 25.9 Å². The molecule has 78 valence electrons. The lowest BCUT2D eigenvalue weighted by Crippen LogP contribution is -1.98. The summed E-state index contributed by atoms with van der Waals surface area (Å²) in [6, 6.07) is 0. The maximum atomic E-state index is 12.0. The third-order valence-corrected chi connectivity index (χ3v) is 3.01. The van der Waals surface area contributed by atoms with Crippen molar-refractivity contribution in [1.82, 2.24) is 14.8 Å². The number of aromatic nitrogens is 3. The maximum absolute atomic E-state index is 12.0. The second-order valence-corrected chi connectivity index (χ2v) is 4.61. The van der Waals surface area contributed by atoms with Gasteiger partial charge in [0.1, 0.15) is 0 Å². The number of aryl methyl sites for hydroxylation is 3. The predicted molar refractivity (Wildman–Crippen MR) is 58.2 cm³/mol. The molecule has 0 radical (unpaired) electrons. The first-order chi connectivity index (χ1) is 7.08. The monoisotopic (exact) mass is 221 g/mol. The molecule has 2 heterocycles. The SMILES string of the molecule is Cc1ncc(C(=O)c2cn(C)nc2C)s1. The molecule has 5 heteroatoms. The molecule has 2 aromatic rings. The van der Waals surface area contributed by atoms with Crippen molar-refractivity contribution in [2.75, 3.05) is 0 Å². The van der Waals surface area contributed by atoms with Crippen LogP contribution in [-0.4, -0.2) is 20.5 Å². The van der Waals surface area contributed by atoms with Crippen LogP contribution in [0.2, 0.25) is 0 Å². The minimum atomic E-state index is 0.00574. The van der Waals surface area contributed by atoms with Gasteiger partial charge in [-0.15, -0.1) is 11.3 Å². The van der Waals surface area contributed by atoms with E-state index in [0.717, 1.165) is 10.7 Å². The van der Waals surface area contributed by atoms with Gasteiger partial charge in [-0.25, -0.2) is 4.98 Å². The van der Waals surface area contributed by atoms with Gasteiger partial charge in [-0.3, -0.25) is 9.48 Å². The third-order valence-electron chi connectivity index (χ3n) is 2.10. The molecule has 0 aliphatic heterocycles. The van der Waals surface area contributed by atoms with Gasteiger partial charge in [0.2, 0.25) is 5.78 Å². The molecule has 0 fully saturated rings. The summed E-state index contributed by atoms with van der Waals surface area (Å²) in [6.45, 7) is 3.72. The molecule has 0 aliphatic carbocycles. The summed E-state index contributed by atoms with van der Waals surface area (Å²) in [5, 5.41) is 5.05. The average molecular weight is 221 g/mol. The second-order valence-electron chi connectivity index (χ2n) is 3.37. The fourth-order valence-electron chi connectivity index (χ4n) is 1.42. The summed E-state index contributed by atoms with van der Waals surface area (Å²) < 4.78 is 1.65. The van der Waals surface area contributed by atoms with Crippen molar-refractivity contribution in [1.29, 1.82) is 0 Å². The molecule has 0 bridgehead atoms. The highest BCUT2D eigenvalue weighted by atomic mass is 32.1. The number of nitrogens with zero attached hydrogens (tertiary/aromatic N) is 3. The first-order valence-electron chi connectivity index (χ1n) is 4.55. The number of rotatable bonds is 2. The molecular formula is C10H11N3OS. The highest BCUT2D eigenvalue weighted by Crippen LogP contribution is 2.18. The fourth-order valence-corrected chi connectivity index (χ4v) is 2.15. The number of hydrogen-bond donors (Lipinski definition) is 0. The number of hydrogen-bond acceptors (Lipinski definition) is 4. The van der Waals surface area contributed by atoms with E-state index >= 15 is 0 Å². The molecule has 0 aromatic carbocycles. The Morgan fingerprint density at radius 2 is 2.20 bits per heavy atom. The minimum absolute atomic E-state index is 0.00574. The zero-order chi connectivity index (χ0) is 11.0. The topological polar surface area (TPSA) is 47.8 Å². The van der Waals surface area contributed by atoms with E-state index in [9.17, 15) is 4.79 Å². The molecule has 0 saturated carbocycles. The summed E-state index contributed by atoms with van der Waals surface area (Å²) in [5.74, 6) is 0.00574. The van der Waals surface area contributed by atoms with Crippen LogP contribution in [0.3, 0.4) is 0 Å². The normalized spacial score (nSPS) is 10.6. The Labute approximate surface area is 91.6 Å². The van der Waals surface area contributed by atoms with Crippen LogP contribution in [0, 0.1) is 13.8 Å². The molecule has 15 heavy (non-hydrogen) atoms. The first kappa shape index (κ1) is 10.0. The Hall–Kier alpha value is -1.49. The van der Waals surface area contributed by atoms with Crippen LogP contribution in [0.25, 0.3) is 0 Å². The zero-order valence-corrected chi connectivity index (χ0v) is 9.63. The quantitative estimate of drug-likeness (QED) is 0.725. The van der Waals surface area contributed by atoms with E-state index in [1.54, 1.807) is 17.1 Å². The highest BCUT2D eigenvalue weighted by Gasteiger charge is 2.16. The lowest BCUT2D eigenvalue weighted by Gasteiger charge is -1.92. The molecule has 0 amide bonds. The fraction of sp³-hybridized carbons (Fsp3) is 0.300. The number of carbonyl (C=O) groups is 1. The highest BCUT2D eigenvalue weighted by molar-refractivity contribution is 7.13. The number of thiazole rings is 1. The van der Waals surface area contributed by atoms with Crippen molar-refractivity contribution >= 4 is 17.1 Å². The van der Waals surface area contributed by atoms with E-state index < -0.39 is 0 Å². The Balaban J connectivity index is 2.40. The van der Waals surface area contributed by atoms with Crippen LogP contribution in [-0.2, 0) is 7.05 Å². The van der Waals surface area contributed by atoms with Crippen LogP contribution in [0.15, 0.2) is 12.4 Å². The summed E-state index contributed by atoms with van der Waals surface area (Å²) >= 11 is 1.41. The Morgan fingerprint density at radius 3 is 2.67 bits per heavy atom. The summed E-state index contributed by atoms with van der Waals surface area (Å²) in [4.78, 5) is 16.8. The molecular weight excluding hydrogens is 210 g/mol. The van der Waals surface area contributed by atoms with Gasteiger partial charge in [-0.05, 0) is 13.8 Å². The Kier molecular flexibility index (Phi) is 2.40. The molecule has 0 aliphatic rings. The van der Waals surface area contributed by atoms with Crippen LogP contribution in [0.5, 0.6) is 0 Å². The summed E-state index contributed by atoms with van der Waals surface area (Å²) in [7, 11) is 1.81. The van der Waals surface area contributed by atoms with Crippen molar-refractivity contribution < 1.29 is 4.79 Å². The van der Waals surface area contributed by atoms with Crippen LogP contribution < -0.4 is 0 Å². The summed E-state index contributed by atoms with van der Waals surface area (Å²) in [6.07, 6.45) is 3.36. The summed E-state index contributed by atoms with van der Waals surface area (Å²) in [5.41, 5.74) is 1.41. The van der Waals surface area contributed by atoms with Crippen molar-refractivity contribution in [2.45, 2.75) is 13.8 Å². The van der Waals surface area contributed by atoms with Crippen molar-refractivity contribution in [3.63, 3.8) is 0 Å². The van der Waals surface area contributed by atoms with Gasteiger partial charge in [-0.1, -0.05) is 0 Å². The molecule has 2 rings (SSSR count). The minimum Gasteiger partial charge on any atom is -0.287 e. The third kappa shape index (κ3) is 1.83. The van der Waals surface area contributed by atoms with Gasteiger partial charge in [0.25, 0.3) is 0 Å². The smallest absolute Gasteiger partial charge is 0.208 e. The lowest BCUT2D eigenvalue weighted by molar-refractivity contribution is 0.104. The van der Waals surface area contributed by atoms with Gasteiger partial charge < -0.3 is 0 Å². The van der Waals surface area contributed by atoms with Crippen molar-refractivity contribution in [3.8, 4) is 0 Å². The van der Waals surface area contributed by atoms with Crippen LogP contribution >= 0.6 is 11.3 Å². The van der Waals surface area contributed by atoms with E-state index in [1.165, 1.54) is 11.3 Å². The number of ketones is 1. The van der Waals surface area contributed by atoms with Crippen LogP contribution in [0.4, 0.5) is 0 Å². The van der Waals surface area contributed by atoms with Crippen molar-refractivity contribution in [2.24, 2.45) is 7.05 Å². The molecule has 0 N–H and O–H groups in total. The first-order valence-corrected chi connectivity index (χ1v) is 5.37. The van der Waals surface area contributed by atoms with E-state index in [1.807, 2.05) is 20.9 Å². The zero-order valence-electron chi connectivity index (χ0n) is 8.81. The predicted octanol–water partition coefficient (Wildman–Crippen LogP) is 1.72. The van der Waals surface area contributed by atoms with E-state index in [0.29, 0.717) is 10.4 Å². The van der Waals surface area contributed by atoms with Gasteiger partial charge in [0.15, 0.2) is 0 Å². The molecule has 2 aromatic heterocycles. The van der Waals surface area contributed by atoms with E-state index in [-0.39, 0.29) is 5.78 Å². The largest absolute Gasteiger partial charge is 0.287 e. The van der Waals surface area contributed by atoms with Crippen molar-refractivity contribution in [3.05, 3.63) is 33.5 Å².